The van der Waals surface area contributed by atoms with Gasteiger partial charge in [-0.15, -0.1) is 0 Å². The molecular weight excluding hydrogens is 264 g/mol. The topological polar surface area (TPSA) is 85.2 Å². The molecular formula is C16H20N4O. The number of benzene rings is 1. The van der Waals surface area contributed by atoms with Crippen molar-refractivity contribution in [2.45, 2.75) is 19.4 Å². The van der Waals surface area contributed by atoms with Crippen LogP contribution in [0.1, 0.15) is 18.4 Å². The number of fused-ring (bicyclic) bond motifs is 1. The number of carbonyl (C=O) groups excluding carboxylic acids is 1. The van der Waals surface area contributed by atoms with Gasteiger partial charge in [-0.25, -0.2) is 0 Å². The first-order valence-corrected chi connectivity index (χ1v) is 7.31. The van der Waals surface area contributed by atoms with Crippen LogP contribution >= 0.6 is 0 Å². The van der Waals surface area contributed by atoms with E-state index in [4.69, 9.17) is 11.5 Å². The number of primary amides is 1. The van der Waals surface area contributed by atoms with Gasteiger partial charge in [0.15, 0.2) is 0 Å². The Hall–Kier alpha value is -2.14. The Bertz CT molecular complexity index is 662. The maximum Gasteiger partial charge on any atom is 0.220 e. The van der Waals surface area contributed by atoms with Gasteiger partial charge in [0.05, 0.1) is 11.2 Å². The van der Waals surface area contributed by atoms with Crippen LogP contribution in [0.4, 0.5) is 5.69 Å². The summed E-state index contributed by atoms with van der Waals surface area (Å²) in [6.45, 7) is 2.12. The van der Waals surface area contributed by atoms with E-state index >= 15 is 0 Å². The van der Waals surface area contributed by atoms with Crippen molar-refractivity contribution in [2.75, 3.05) is 18.0 Å². The molecule has 0 radical (unpaired) electrons. The second kappa shape index (κ2) is 5.69. The van der Waals surface area contributed by atoms with Gasteiger partial charge in [0.25, 0.3) is 0 Å². The zero-order valence-corrected chi connectivity index (χ0v) is 12.0. The highest BCUT2D eigenvalue weighted by atomic mass is 16.1. The highest BCUT2D eigenvalue weighted by Crippen LogP contribution is 2.32. The zero-order valence-electron chi connectivity index (χ0n) is 12.0. The summed E-state index contributed by atoms with van der Waals surface area (Å²) in [4.78, 5) is 18.1. The lowest BCUT2D eigenvalue weighted by Gasteiger charge is -2.34. The number of amides is 1. The van der Waals surface area contributed by atoms with Crippen molar-refractivity contribution >= 4 is 22.5 Å². The van der Waals surface area contributed by atoms with Gasteiger partial charge in [0.2, 0.25) is 5.91 Å². The van der Waals surface area contributed by atoms with E-state index in [9.17, 15) is 4.79 Å². The molecule has 0 bridgehead atoms. The van der Waals surface area contributed by atoms with Crippen LogP contribution in [-0.2, 0) is 11.3 Å². The van der Waals surface area contributed by atoms with Crippen LogP contribution in [-0.4, -0.2) is 24.0 Å². The number of para-hydroxylation sites is 1. The van der Waals surface area contributed by atoms with Crippen molar-refractivity contribution < 1.29 is 4.79 Å². The molecule has 1 fully saturated rings. The molecule has 5 heteroatoms. The van der Waals surface area contributed by atoms with Crippen molar-refractivity contribution in [1.82, 2.24) is 4.98 Å². The van der Waals surface area contributed by atoms with Crippen molar-refractivity contribution in [3.05, 3.63) is 36.0 Å². The molecule has 0 unspecified atom stereocenters. The Labute approximate surface area is 123 Å². The van der Waals surface area contributed by atoms with E-state index in [1.165, 1.54) is 0 Å². The predicted molar refractivity (Wildman–Crippen MR) is 83.8 cm³/mol. The number of nitrogens with two attached hydrogens (primary N) is 2. The van der Waals surface area contributed by atoms with Gasteiger partial charge < -0.3 is 16.4 Å². The predicted octanol–water partition coefficient (Wildman–Crippen LogP) is 1.40. The maximum absolute atomic E-state index is 11.3. The third kappa shape index (κ3) is 2.56. The molecule has 5 nitrogen and oxygen atoms in total. The lowest BCUT2D eigenvalue weighted by atomic mass is 9.95. The minimum atomic E-state index is -0.187. The van der Waals surface area contributed by atoms with Gasteiger partial charge in [0, 0.05) is 42.7 Å². The molecule has 110 valence electrons. The van der Waals surface area contributed by atoms with E-state index in [2.05, 4.69) is 16.0 Å². The molecule has 4 N–H and O–H groups in total. The molecule has 1 aliphatic heterocycles. The molecule has 3 rings (SSSR count). The highest BCUT2D eigenvalue weighted by Gasteiger charge is 2.25. The summed E-state index contributed by atoms with van der Waals surface area (Å²) in [6, 6.07) is 8.09. The molecule has 21 heavy (non-hydrogen) atoms. The summed E-state index contributed by atoms with van der Waals surface area (Å²) in [5.74, 6) is -0.191. The van der Waals surface area contributed by atoms with E-state index in [1.807, 2.05) is 24.4 Å². The van der Waals surface area contributed by atoms with Gasteiger partial charge in [-0.05, 0) is 18.9 Å². The Morgan fingerprint density at radius 1 is 1.29 bits per heavy atom. The smallest absolute Gasteiger partial charge is 0.220 e. The molecule has 1 aromatic heterocycles. The van der Waals surface area contributed by atoms with Gasteiger partial charge in [-0.2, -0.15) is 0 Å². The SMILES string of the molecule is NCc1cnc2ccccc2c1N1CCC(C(N)=O)CC1. The van der Waals surface area contributed by atoms with Crippen molar-refractivity contribution in [3.63, 3.8) is 0 Å². The third-order valence-corrected chi connectivity index (χ3v) is 4.26. The Balaban J connectivity index is 1.98. The van der Waals surface area contributed by atoms with E-state index < -0.39 is 0 Å². The number of anilines is 1. The van der Waals surface area contributed by atoms with Crippen molar-refractivity contribution in [3.8, 4) is 0 Å². The van der Waals surface area contributed by atoms with Crippen LogP contribution in [0.5, 0.6) is 0 Å². The van der Waals surface area contributed by atoms with Crippen LogP contribution in [0.25, 0.3) is 10.9 Å². The average molecular weight is 284 g/mol. The van der Waals surface area contributed by atoms with Gasteiger partial charge >= 0.3 is 0 Å². The molecule has 0 saturated carbocycles. The number of aromatic nitrogens is 1. The lowest BCUT2D eigenvalue weighted by molar-refractivity contribution is -0.122. The van der Waals surface area contributed by atoms with E-state index in [-0.39, 0.29) is 11.8 Å². The van der Waals surface area contributed by atoms with Crippen LogP contribution in [0.15, 0.2) is 30.5 Å². The Kier molecular flexibility index (Phi) is 3.75. The quantitative estimate of drug-likeness (QED) is 0.892. The number of hydrogen-bond donors (Lipinski definition) is 2. The first kappa shape index (κ1) is 13.8. The molecule has 2 heterocycles. The maximum atomic E-state index is 11.3. The van der Waals surface area contributed by atoms with Crippen LogP contribution in [0.3, 0.4) is 0 Å². The monoisotopic (exact) mass is 284 g/mol. The second-order valence-corrected chi connectivity index (χ2v) is 5.52. The summed E-state index contributed by atoms with van der Waals surface area (Å²) < 4.78 is 0. The molecule has 2 aromatic rings. The fraction of sp³-hybridized carbons (Fsp3) is 0.375. The van der Waals surface area contributed by atoms with Gasteiger partial charge in [0.1, 0.15) is 0 Å². The van der Waals surface area contributed by atoms with Gasteiger partial charge in [-0.3, -0.25) is 9.78 Å². The third-order valence-electron chi connectivity index (χ3n) is 4.26. The summed E-state index contributed by atoms with van der Waals surface area (Å²) in [7, 11) is 0. The number of rotatable bonds is 3. The zero-order chi connectivity index (χ0) is 14.8. The molecule has 1 aromatic carbocycles. The number of pyridine rings is 1. The molecule has 0 atom stereocenters. The fourth-order valence-electron chi connectivity index (χ4n) is 3.08. The molecule has 0 aliphatic carbocycles. The second-order valence-electron chi connectivity index (χ2n) is 5.52. The standard InChI is InChI=1S/C16H20N4O/c17-9-12-10-19-14-4-2-1-3-13(14)15(12)20-7-5-11(6-8-20)16(18)21/h1-4,10-11H,5-9,17H2,(H2,18,21). The van der Waals surface area contributed by atoms with E-state index in [0.717, 1.165) is 48.1 Å². The fourth-order valence-corrected chi connectivity index (χ4v) is 3.08. The lowest BCUT2D eigenvalue weighted by Crippen LogP contribution is -2.39. The molecule has 0 spiro atoms. The summed E-state index contributed by atoms with van der Waals surface area (Å²) >= 11 is 0. The first-order chi connectivity index (χ1) is 10.2. The minimum absolute atomic E-state index is 0.00400. The summed E-state index contributed by atoms with van der Waals surface area (Å²) in [5.41, 5.74) is 14.5. The minimum Gasteiger partial charge on any atom is -0.371 e. The number of hydrogen-bond acceptors (Lipinski definition) is 4. The largest absolute Gasteiger partial charge is 0.371 e. The highest BCUT2D eigenvalue weighted by molar-refractivity contribution is 5.93. The van der Waals surface area contributed by atoms with E-state index in [0.29, 0.717) is 6.54 Å². The first-order valence-electron chi connectivity index (χ1n) is 7.31. The van der Waals surface area contributed by atoms with E-state index in [1.54, 1.807) is 0 Å². The number of piperidine rings is 1. The molecule has 1 aliphatic rings. The normalized spacial score (nSPS) is 16.3. The van der Waals surface area contributed by atoms with Crippen LogP contribution in [0.2, 0.25) is 0 Å². The molecule has 1 amide bonds. The van der Waals surface area contributed by atoms with Crippen molar-refractivity contribution in [2.24, 2.45) is 17.4 Å². The van der Waals surface area contributed by atoms with Crippen LogP contribution < -0.4 is 16.4 Å². The number of nitrogens with zero attached hydrogens (tertiary/aromatic N) is 2. The molecule has 1 saturated heterocycles. The summed E-state index contributed by atoms with van der Waals surface area (Å²) in [6.07, 6.45) is 3.46. The average Bonchev–Trinajstić information content (AvgIpc) is 2.53. The Morgan fingerprint density at radius 2 is 2.00 bits per heavy atom. The van der Waals surface area contributed by atoms with Gasteiger partial charge in [-0.1, -0.05) is 18.2 Å². The summed E-state index contributed by atoms with van der Waals surface area (Å²) in [5, 5.41) is 1.12. The van der Waals surface area contributed by atoms with Crippen LogP contribution in [0, 0.1) is 5.92 Å². The van der Waals surface area contributed by atoms with Crippen molar-refractivity contribution in [1.29, 1.82) is 0 Å². The Morgan fingerprint density at radius 3 is 2.67 bits per heavy atom. The number of carbonyl (C=O) groups is 1.